The van der Waals surface area contributed by atoms with Crippen LogP contribution in [0, 0.1) is 11.3 Å². The molecule has 0 aliphatic carbocycles. The van der Waals surface area contributed by atoms with Gasteiger partial charge in [-0.05, 0) is 13.8 Å². The van der Waals surface area contributed by atoms with Crippen molar-refractivity contribution in [2.24, 2.45) is 0 Å². The van der Waals surface area contributed by atoms with E-state index in [0.717, 1.165) is 0 Å². The highest BCUT2D eigenvalue weighted by molar-refractivity contribution is 5.16. The summed E-state index contributed by atoms with van der Waals surface area (Å²) in [4.78, 5) is 0. The first-order valence-corrected chi connectivity index (χ1v) is 3.24. The van der Waals surface area contributed by atoms with Crippen LogP contribution in [-0.4, -0.2) is 13.1 Å². The quantitative estimate of drug-likeness (QED) is 0.562. The standard InChI is InChI=1S/C7H13N3/c1-6(2)10-5-7(4-8)9-3/h5-6,9-10H,1-3H3/b7-5-. The molecular weight excluding hydrogens is 126 g/mol. The van der Waals surface area contributed by atoms with Crippen molar-refractivity contribution in [2.45, 2.75) is 19.9 Å². The maximum absolute atomic E-state index is 8.42. The maximum atomic E-state index is 8.42. The predicted octanol–water partition coefficient (Wildman–Crippen LogP) is 0.569. The van der Waals surface area contributed by atoms with E-state index in [9.17, 15) is 0 Å². The first-order valence-electron chi connectivity index (χ1n) is 3.24. The average Bonchev–Trinajstić information content (AvgIpc) is 1.90. The highest BCUT2D eigenvalue weighted by atomic mass is 14.9. The molecule has 2 N–H and O–H groups in total. The Bertz CT molecular complexity index is 153. The zero-order valence-corrected chi connectivity index (χ0v) is 6.60. The minimum absolute atomic E-state index is 0.372. The molecule has 0 atom stereocenters. The summed E-state index contributed by atoms with van der Waals surface area (Å²) in [5, 5.41) is 14.2. The van der Waals surface area contributed by atoms with Gasteiger partial charge in [-0.2, -0.15) is 5.26 Å². The zero-order chi connectivity index (χ0) is 7.98. The van der Waals surface area contributed by atoms with Crippen molar-refractivity contribution in [3.05, 3.63) is 11.9 Å². The number of nitriles is 1. The minimum Gasteiger partial charge on any atom is -0.386 e. The molecule has 0 rings (SSSR count). The van der Waals surface area contributed by atoms with Crippen molar-refractivity contribution in [3.8, 4) is 6.07 Å². The summed E-state index contributed by atoms with van der Waals surface area (Å²) in [6, 6.07) is 2.37. The first kappa shape index (κ1) is 8.83. The molecular formula is C7H13N3. The monoisotopic (exact) mass is 139 g/mol. The van der Waals surface area contributed by atoms with E-state index in [1.807, 2.05) is 19.9 Å². The third-order valence-corrected chi connectivity index (χ3v) is 0.951. The van der Waals surface area contributed by atoms with Crippen LogP contribution in [0.5, 0.6) is 0 Å². The van der Waals surface area contributed by atoms with Crippen molar-refractivity contribution < 1.29 is 0 Å². The molecule has 0 aliphatic heterocycles. The Morgan fingerprint density at radius 2 is 2.20 bits per heavy atom. The molecule has 0 saturated carbocycles. The molecule has 10 heavy (non-hydrogen) atoms. The SMILES string of the molecule is CN/C(C#N)=C\NC(C)C. The van der Waals surface area contributed by atoms with E-state index >= 15 is 0 Å². The Labute approximate surface area is 61.7 Å². The minimum atomic E-state index is 0.372. The second kappa shape index (κ2) is 4.68. The molecule has 0 radical (unpaired) electrons. The molecule has 0 heterocycles. The van der Waals surface area contributed by atoms with Crippen LogP contribution in [0.25, 0.3) is 0 Å². The van der Waals surface area contributed by atoms with Gasteiger partial charge in [0.25, 0.3) is 0 Å². The van der Waals surface area contributed by atoms with Gasteiger partial charge in [0.05, 0.1) is 0 Å². The molecule has 0 bridgehead atoms. The summed E-state index contributed by atoms with van der Waals surface area (Å²) in [6.45, 7) is 4.03. The summed E-state index contributed by atoms with van der Waals surface area (Å²) in [6.07, 6.45) is 1.67. The van der Waals surface area contributed by atoms with E-state index in [-0.39, 0.29) is 0 Å². The topological polar surface area (TPSA) is 47.9 Å². The van der Waals surface area contributed by atoms with Crippen LogP contribution < -0.4 is 10.6 Å². The van der Waals surface area contributed by atoms with Gasteiger partial charge in [-0.25, -0.2) is 0 Å². The van der Waals surface area contributed by atoms with Crippen molar-refractivity contribution in [1.82, 2.24) is 10.6 Å². The van der Waals surface area contributed by atoms with E-state index in [0.29, 0.717) is 11.7 Å². The van der Waals surface area contributed by atoms with Gasteiger partial charge in [-0.3, -0.25) is 0 Å². The van der Waals surface area contributed by atoms with Gasteiger partial charge in [0.1, 0.15) is 11.8 Å². The highest BCUT2D eigenvalue weighted by Gasteiger charge is 1.89. The zero-order valence-electron chi connectivity index (χ0n) is 6.60. The molecule has 0 saturated heterocycles. The van der Waals surface area contributed by atoms with E-state index < -0.39 is 0 Å². The number of hydrogen-bond acceptors (Lipinski definition) is 3. The third kappa shape index (κ3) is 3.79. The molecule has 3 nitrogen and oxygen atoms in total. The van der Waals surface area contributed by atoms with Crippen LogP contribution in [0.15, 0.2) is 11.9 Å². The molecule has 0 aromatic rings. The number of hydrogen-bond donors (Lipinski definition) is 2. The van der Waals surface area contributed by atoms with E-state index in [1.165, 1.54) is 0 Å². The summed E-state index contributed by atoms with van der Waals surface area (Å²) >= 11 is 0. The van der Waals surface area contributed by atoms with Crippen molar-refractivity contribution in [1.29, 1.82) is 5.26 Å². The molecule has 56 valence electrons. The lowest BCUT2D eigenvalue weighted by atomic mass is 10.4. The fourth-order valence-electron chi connectivity index (χ4n) is 0.410. The summed E-state index contributed by atoms with van der Waals surface area (Å²) in [5.41, 5.74) is 0.550. The fourth-order valence-corrected chi connectivity index (χ4v) is 0.410. The molecule has 0 aromatic carbocycles. The van der Waals surface area contributed by atoms with Gasteiger partial charge in [0, 0.05) is 19.3 Å². The van der Waals surface area contributed by atoms with Crippen LogP contribution in [0.4, 0.5) is 0 Å². The van der Waals surface area contributed by atoms with Gasteiger partial charge in [0.15, 0.2) is 0 Å². The van der Waals surface area contributed by atoms with Gasteiger partial charge in [-0.1, -0.05) is 0 Å². The Kier molecular flexibility index (Phi) is 4.14. The molecule has 0 fully saturated rings. The molecule has 3 heteroatoms. The fraction of sp³-hybridized carbons (Fsp3) is 0.571. The van der Waals surface area contributed by atoms with Crippen LogP contribution in [0.1, 0.15) is 13.8 Å². The number of allylic oxidation sites excluding steroid dienone is 1. The van der Waals surface area contributed by atoms with E-state index in [2.05, 4.69) is 10.6 Å². The van der Waals surface area contributed by atoms with Crippen molar-refractivity contribution in [2.75, 3.05) is 7.05 Å². The molecule has 0 amide bonds. The van der Waals surface area contributed by atoms with Crippen LogP contribution in [0.2, 0.25) is 0 Å². The lowest BCUT2D eigenvalue weighted by molar-refractivity contribution is 0.696. The second-order valence-corrected chi connectivity index (χ2v) is 2.24. The number of nitrogens with one attached hydrogen (secondary N) is 2. The second-order valence-electron chi connectivity index (χ2n) is 2.24. The van der Waals surface area contributed by atoms with Crippen LogP contribution >= 0.6 is 0 Å². The third-order valence-electron chi connectivity index (χ3n) is 0.951. The number of nitrogens with zero attached hydrogens (tertiary/aromatic N) is 1. The van der Waals surface area contributed by atoms with Gasteiger partial charge in [-0.15, -0.1) is 0 Å². The maximum Gasteiger partial charge on any atom is 0.129 e. The highest BCUT2D eigenvalue weighted by Crippen LogP contribution is 1.82. The van der Waals surface area contributed by atoms with E-state index in [1.54, 1.807) is 13.2 Å². The lowest BCUT2D eigenvalue weighted by Gasteiger charge is -2.03. The summed E-state index contributed by atoms with van der Waals surface area (Å²) < 4.78 is 0. The van der Waals surface area contributed by atoms with Gasteiger partial charge < -0.3 is 10.6 Å². The Morgan fingerprint density at radius 1 is 1.60 bits per heavy atom. The predicted molar refractivity (Wildman–Crippen MR) is 41.0 cm³/mol. The summed E-state index contributed by atoms with van der Waals surface area (Å²) in [7, 11) is 1.72. The normalized spacial score (nSPS) is 10.9. The first-order chi connectivity index (χ1) is 4.70. The Hall–Kier alpha value is -1.17. The van der Waals surface area contributed by atoms with Crippen LogP contribution in [-0.2, 0) is 0 Å². The smallest absolute Gasteiger partial charge is 0.129 e. The Morgan fingerprint density at radius 3 is 2.50 bits per heavy atom. The lowest BCUT2D eigenvalue weighted by Crippen LogP contribution is -2.18. The van der Waals surface area contributed by atoms with E-state index in [4.69, 9.17) is 5.26 Å². The van der Waals surface area contributed by atoms with Gasteiger partial charge in [0.2, 0.25) is 0 Å². The van der Waals surface area contributed by atoms with Crippen molar-refractivity contribution >= 4 is 0 Å². The molecule has 0 aliphatic rings. The molecule has 0 unspecified atom stereocenters. The van der Waals surface area contributed by atoms with Crippen molar-refractivity contribution in [3.63, 3.8) is 0 Å². The largest absolute Gasteiger partial charge is 0.386 e. The van der Waals surface area contributed by atoms with Gasteiger partial charge >= 0.3 is 0 Å². The summed E-state index contributed by atoms with van der Waals surface area (Å²) in [5.74, 6) is 0. The van der Waals surface area contributed by atoms with Crippen LogP contribution in [0.3, 0.4) is 0 Å². The number of rotatable bonds is 3. The molecule has 0 spiro atoms. The Balaban J connectivity index is 3.78. The average molecular weight is 139 g/mol. The molecule has 0 aromatic heterocycles.